The van der Waals surface area contributed by atoms with Crippen LogP contribution in [0.2, 0.25) is 0 Å². The second-order valence-electron chi connectivity index (χ2n) is 6.20. The number of aliphatic hydroxyl groups excluding tert-OH is 1. The van der Waals surface area contributed by atoms with Gasteiger partial charge in [-0.25, -0.2) is 0 Å². The first-order valence-corrected chi connectivity index (χ1v) is 7.13. The van der Waals surface area contributed by atoms with Crippen LogP contribution in [0.15, 0.2) is 11.6 Å². The number of amides is 1. The van der Waals surface area contributed by atoms with E-state index in [0.717, 1.165) is 12.8 Å². The van der Waals surface area contributed by atoms with Crippen LogP contribution in [0.1, 0.15) is 33.1 Å². The minimum atomic E-state index is -0.840. The van der Waals surface area contributed by atoms with E-state index in [2.05, 4.69) is 6.08 Å². The van der Waals surface area contributed by atoms with Gasteiger partial charge in [-0.2, -0.15) is 0 Å². The lowest BCUT2D eigenvalue weighted by molar-refractivity contribution is -0.138. The van der Waals surface area contributed by atoms with E-state index in [0.29, 0.717) is 13.0 Å². The van der Waals surface area contributed by atoms with Gasteiger partial charge in [0.2, 0.25) is 5.91 Å². The Morgan fingerprint density at radius 1 is 1.65 bits per heavy atom. The first-order valence-electron chi connectivity index (χ1n) is 7.13. The lowest BCUT2D eigenvalue weighted by Crippen LogP contribution is -2.52. The lowest BCUT2D eigenvalue weighted by atomic mass is 10.1. The fourth-order valence-electron chi connectivity index (χ4n) is 2.96. The first kappa shape index (κ1) is 15.4. The Kier molecular flexibility index (Phi) is 4.49. The Morgan fingerprint density at radius 3 is 2.95 bits per heavy atom. The van der Waals surface area contributed by atoms with Crippen molar-refractivity contribution in [3.63, 3.8) is 0 Å². The molecule has 0 aromatic carbocycles. The van der Waals surface area contributed by atoms with Crippen molar-refractivity contribution in [1.82, 2.24) is 4.90 Å². The highest BCUT2D eigenvalue weighted by Gasteiger charge is 2.44. The first-order chi connectivity index (χ1) is 9.35. The summed E-state index contributed by atoms with van der Waals surface area (Å²) in [5, 5.41) is 10.4. The van der Waals surface area contributed by atoms with Gasteiger partial charge in [-0.3, -0.25) is 9.69 Å². The standard InChI is InChI=1S/C14H25N3O3/c1-14(2,8-15)20-7-12(18)17-10-5-3-4-9(10)6-11(17)13(16)19/h4,10-12,18H,3,5-8,15H2,1-2H3,(H2,16,19)/t10?,11-,12?/m0/s1. The van der Waals surface area contributed by atoms with Gasteiger partial charge in [0.1, 0.15) is 6.23 Å². The van der Waals surface area contributed by atoms with E-state index in [9.17, 15) is 9.90 Å². The molecule has 0 radical (unpaired) electrons. The van der Waals surface area contributed by atoms with Crippen molar-refractivity contribution in [3.05, 3.63) is 11.6 Å². The quantitative estimate of drug-likeness (QED) is 0.581. The highest BCUT2D eigenvalue weighted by Crippen LogP contribution is 2.38. The van der Waals surface area contributed by atoms with Crippen LogP contribution in [0, 0.1) is 0 Å². The molecule has 5 N–H and O–H groups in total. The van der Waals surface area contributed by atoms with Crippen LogP contribution < -0.4 is 11.5 Å². The highest BCUT2D eigenvalue weighted by molar-refractivity contribution is 5.81. The number of fused-ring (bicyclic) bond motifs is 1. The molecule has 1 saturated heterocycles. The van der Waals surface area contributed by atoms with E-state index in [1.165, 1.54) is 5.57 Å². The molecule has 0 saturated carbocycles. The molecule has 0 aromatic heterocycles. The molecule has 20 heavy (non-hydrogen) atoms. The molecule has 6 nitrogen and oxygen atoms in total. The molecule has 0 aromatic rings. The average Bonchev–Trinajstić information content (AvgIpc) is 2.95. The molecule has 0 spiro atoms. The molecule has 1 aliphatic carbocycles. The molecular weight excluding hydrogens is 258 g/mol. The minimum Gasteiger partial charge on any atom is -0.376 e. The zero-order valence-electron chi connectivity index (χ0n) is 12.2. The molecular formula is C14H25N3O3. The van der Waals surface area contributed by atoms with Gasteiger partial charge in [0.25, 0.3) is 0 Å². The van der Waals surface area contributed by atoms with Crippen LogP contribution in [0.25, 0.3) is 0 Å². The van der Waals surface area contributed by atoms with Crippen LogP contribution >= 0.6 is 0 Å². The van der Waals surface area contributed by atoms with Gasteiger partial charge in [-0.1, -0.05) is 11.6 Å². The van der Waals surface area contributed by atoms with E-state index in [1.54, 1.807) is 4.90 Å². The van der Waals surface area contributed by atoms with E-state index in [-0.39, 0.29) is 12.6 Å². The van der Waals surface area contributed by atoms with E-state index in [1.807, 2.05) is 13.8 Å². The predicted molar refractivity (Wildman–Crippen MR) is 75.6 cm³/mol. The lowest BCUT2D eigenvalue weighted by Gasteiger charge is -2.34. The molecule has 1 fully saturated rings. The third-order valence-electron chi connectivity index (χ3n) is 4.21. The fourth-order valence-corrected chi connectivity index (χ4v) is 2.96. The van der Waals surface area contributed by atoms with Crippen molar-refractivity contribution in [2.24, 2.45) is 11.5 Å². The fraction of sp³-hybridized carbons (Fsp3) is 0.786. The second kappa shape index (κ2) is 5.81. The molecule has 0 bridgehead atoms. The maximum atomic E-state index is 11.6. The number of ether oxygens (including phenoxy) is 1. The summed E-state index contributed by atoms with van der Waals surface area (Å²) >= 11 is 0. The minimum absolute atomic E-state index is 0.118. The monoisotopic (exact) mass is 283 g/mol. The number of rotatable bonds is 6. The molecule has 2 aliphatic rings. The normalized spacial score (nSPS) is 28.3. The molecule has 2 unspecified atom stereocenters. The molecule has 3 atom stereocenters. The Bertz CT molecular complexity index is 408. The topological polar surface area (TPSA) is 102 Å². The summed E-state index contributed by atoms with van der Waals surface area (Å²) in [6, 6.07) is -0.321. The Labute approximate surface area is 119 Å². The zero-order valence-corrected chi connectivity index (χ0v) is 12.2. The molecule has 2 rings (SSSR count). The largest absolute Gasteiger partial charge is 0.376 e. The number of allylic oxidation sites excluding steroid dienone is 1. The van der Waals surface area contributed by atoms with Crippen LogP contribution in [-0.4, -0.2) is 53.0 Å². The Balaban J connectivity index is 2.04. The number of primary amides is 1. The number of nitrogens with zero attached hydrogens (tertiary/aromatic N) is 1. The van der Waals surface area contributed by atoms with E-state index < -0.39 is 23.8 Å². The summed E-state index contributed by atoms with van der Waals surface area (Å²) in [6.45, 7) is 4.23. The summed E-state index contributed by atoms with van der Waals surface area (Å²) in [5.41, 5.74) is 11.8. The molecule has 1 amide bonds. The summed E-state index contributed by atoms with van der Waals surface area (Å²) in [7, 11) is 0. The maximum absolute atomic E-state index is 11.6. The Hall–Kier alpha value is -0.950. The Morgan fingerprint density at radius 2 is 2.35 bits per heavy atom. The van der Waals surface area contributed by atoms with Gasteiger partial charge < -0.3 is 21.3 Å². The van der Waals surface area contributed by atoms with Crippen LogP contribution in [0.4, 0.5) is 0 Å². The smallest absolute Gasteiger partial charge is 0.235 e. The summed E-state index contributed by atoms with van der Waals surface area (Å²) < 4.78 is 5.64. The van der Waals surface area contributed by atoms with Crippen LogP contribution in [-0.2, 0) is 9.53 Å². The predicted octanol–water partition coefficient (Wildman–Crippen LogP) is -0.293. The van der Waals surface area contributed by atoms with Gasteiger partial charge in [-0.05, 0) is 33.1 Å². The zero-order chi connectivity index (χ0) is 14.9. The van der Waals surface area contributed by atoms with Crippen molar-refractivity contribution >= 4 is 5.91 Å². The summed E-state index contributed by atoms with van der Waals surface area (Å²) in [6.07, 6.45) is 3.85. The van der Waals surface area contributed by atoms with Gasteiger partial charge in [-0.15, -0.1) is 0 Å². The van der Waals surface area contributed by atoms with Crippen molar-refractivity contribution in [3.8, 4) is 0 Å². The third-order valence-corrected chi connectivity index (χ3v) is 4.21. The second-order valence-corrected chi connectivity index (χ2v) is 6.20. The average molecular weight is 283 g/mol. The summed E-state index contributed by atoms with van der Waals surface area (Å²) in [5.74, 6) is -0.391. The number of likely N-dealkylation sites (tertiary alicyclic amines) is 1. The van der Waals surface area contributed by atoms with Crippen molar-refractivity contribution < 1.29 is 14.6 Å². The number of hydrogen-bond donors (Lipinski definition) is 3. The van der Waals surface area contributed by atoms with Gasteiger partial charge in [0.15, 0.2) is 0 Å². The van der Waals surface area contributed by atoms with Crippen molar-refractivity contribution in [1.29, 1.82) is 0 Å². The number of carbonyl (C=O) groups excluding carboxylic acids is 1. The molecule has 6 heteroatoms. The van der Waals surface area contributed by atoms with Crippen LogP contribution in [0.5, 0.6) is 0 Å². The SMILES string of the molecule is CC(C)(CN)OCC(O)N1C2CCC=C2C[C@H]1C(N)=O. The third kappa shape index (κ3) is 3.03. The number of hydrogen-bond acceptors (Lipinski definition) is 5. The van der Waals surface area contributed by atoms with E-state index >= 15 is 0 Å². The molecule has 114 valence electrons. The van der Waals surface area contributed by atoms with Crippen molar-refractivity contribution in [2.45, 2.75) is 57.0 Å². The number of aliphatic hydroxyl groups is 1. The molecule has 1 heterocycles. The van der Waals surface area contributed by atoms with Gasteiger partial charge >= 0.3 is 0 Å². The van der Waals surface area contributed by atoms with Crippen molar-refractivity contribution in [2.75, 3.05) is 13.2 Å². The summed E-state index contributed by atoms with van der Waals surface area (Å²) in [4.78, 5) is 13.4. The highest BCUT2D eigenvalue weighted by atomic mass is 16.5. The van der Waals surface area contributed by atoms with Gasteiger partial charge in [0.05, 0.1) is 18.2 Å². The molecule has 1 aliphatic heterocycles. The van der Waals surface area contributed by atoms with Gasteiger partial charge in [0, 0.05) is 12.6 Å². The maximum Gasteiger partial charge on any atom is 0.235 e. The van der Waals surface area contributed by atoms with Crippen LogP contribution in [0.3, 0.4) is 0 Å². The van der Waals surface area contributed by atoms with E-state index in [4.69, 9.17) is 16.2 Å². The number of carbonyl (C=O) groups is 1. The number of nitrogens with two attached hydrogens (primary N) is 2.